The van der Waals surface area contributed by atoms with Crippen LogP contribution in [0.5, 0.6) is 0 Å². The van der Waals surface area contributed by atoms with Crippen LogP contribution in [0.15, 0.2) is 30.9 Å². The summed E-state index contributed by atoms with van der Waals surface area (Å²) in [5, 5.41) is 4.22. The molecule has 1 fully saturated rings. The van der Waals surface area contributed by atoms with Gasteiger partial charge < -0.3 is 9.64 Å². The van der Waals surface area contributed by atoms with Gasteiger partial charge in [-0.3, -0.25) is 19.4 Å². The smallest absolute Gasteiger partial charge is 0.272 e. The summed E-state index contributed by atoms with van der Waals surface area (Å²) >= 11 is 0. The molecule has 0 aromatic carbocycles. The first kappa shape index (κ1) is 14.6. The van der Waals surface area contributed by atoms with E-state index in [4.69, 9.17) is 4.74 Å². The number of carbonyl (C=O) groups excluding carboxylic acids is 1. The van der Waals surface area contributed by atoms with Gasteiger partial charge in [-0.05, 0) is 19.9 Å². The van der Waals surface area contributed by atoms with Crippen LogP contribution in [0.25, 0.3) is 0 Å². The van der Waals surface area contributed by atoms with Crippen molar-refractivity contribution in [3.63, 3.8) is 0 Å². The maximum atomic E-state index is 12.7. The number of ether oxygens (including phenoxy) is 1. The third-order valence-corrected chi connectivity index (χ3v) is 3.65. The average Bonchev–Trinajstić information content (AvgIpc) is 3.05. The molecule has 0 radical (unpaired) electrons. The summed E-state index contributed by atoms with van der Waals surface area (Å²) in [5.41, 5.74) is 1.35. The van der Waals surface area contributed by atoms with Gasteiger partial charge in [0.1, 0.15) is 11.8 Å². The summed E-state index contributed by atoms with van der Waals surface area (Å²) in [4.78, 5) is 22.8. The van der Waals surface area contributed by atoms with E-state index in [9.17, 15) is 4.79 Å². The number of hydrogen-bond donors (Lipinski definition) is 0. The van der Waals surface area contributed by atoms with Crippen molar-refractivity contribution in [2.75, 3.05) is 19.7 Å². The van der Waals surface area contributed by atoms with E-state index in [1.165, 1.54) is 0 Å². The summed E-state index contributed by atoms with van der Waals surface area (Å²) < 4.78 is 7.47. The molecule has 7 nitrogen and oxygen atoms in total. The highest BCUT2D eigenvalue weighted by Crippen LogP contribution is 2.21. The zero-order chi connectivity index (χ0) is 15.5. The molecule has 2 aromatic heterocycles. The Labute approximate surface area is 128 Å². The summed E-state index contributed by atoms with van der Waals surface area (Å²) in [6.45, 7) is 5.54. The number of morpholine rings is 1. The second-order valence-corrected chi connectivity index (χ2v) is 5.50. The van der Waals surface area contributed by atoms with Gasteiger partial charge in [0.05, 0.1) is 25.0 Å². The molecule has 1 aliphatic heterocycles. The van der Waals surface area contributed by atoms with Crippen LogP contribution in [0.2, 0.25) is 0 Å². The van der Waals surface area contributed by atoms with E-state index in [0.29, 0.717) is 25.4 Å². The fraction of sp³-hybridized carbons (Fsp3) is 0.467. The first-order chi connectivity index (χ1) is 10.7. The van der Waals surface area contributed by atoms with Crippen molar-refractivity contribution in [1.29, 1.82) is 0 Å². The van der Waals surface area contributed by atoms with E-state index >= 15 is 0 Å². The third kappa shape index (κ3) is 2.85. The molecule has 0 unspecified atom stereocenters. The van der Waals surface area contributed by atoms with E-state index in [1.807, 2.05) is 13.8 Å². The quantitative estimate of drug-likeness (QED) is 0.858. The van der Waals surface area contributed by atoms with E-state index in [2.05, 4.69) is 15.1 Å². The Morgan fingerprint density at radius 2 is 2.23 bits per heavy atom. The van der Waals surface area contributed by atoms with E-state index in [-0.39, 0.29) is 18.1 Å². The van der Waals surface area contributed by atoms with Crippen LogP contribution >= 0.6 is 0 Å². The number of amides is 1. The van der Waals surface area contributed by atoms with Gasteiger partial charge in [0.2, 0.25) is 0 Å². The van der Waals surface area contributed by atoms with Crippen LogP contribution < -0.4 is 0 Å². The molecule has 0 N–H and O–H groups in total. The van der Waals surface area contributed by atoms with Crippen molar-refractivity contribution in [3.05, 3.63) is 42.2 Å². The van der Waals surface area contributed by atoms with Crippen molar-refractivity contribution in [3.8, 4) is 0 Å². The van der Waals surface area contributed by atoms with Gasteiger partial charge in [-0.1, -0.05) is 0 Å². The van der Waals surface area contributed by atoms with Crippen molar-refractivity contribution in [2.45, 2.75) is 26.0 Å². The molecular weight excluding hydrogens is 282 g/mol. The van der Waals surface area contributed by atoms with Crippen molar-refractivity contribution < 1.29 is 9.53 Å². The SMILES string of the molecule is CC(C)n1nccc1C(=O)N1CCO[C@@H](c2cnccn2)C1. The Bertz CT molecular complexity index is 640. The van der Waals surface area contributed by atoms with E-state index in [1.54, 1.807) is 40.4 Å². The minimum Gasteiger partial charge on any atom is -0.368 e. The number of nitrogens with zero attached hydrogens (tertiary/aromatic N) is 5. The van der Waals surface area contributed by atoms with Crippen molar-refractivity contribution in [2.24, 2.45) is 0 Å². The standard InChI is InChI=1S/C15H19N5O2/c1-11(2)20-13(3-4-18-20)15(21)19-7-8-22-14(10-19)12-9-16-5-6-17-12/h3-6,9,11,14H,7-8,10H2,1-2H3/t14-/m1/s1. The maximum Gasteiger partial charge on any atom is 0.272 e. The maximum absolute atomic E-state index is 12.7. The molecule has 0 saturated carbocycles. The predicted molar refractivity (Wildman–Crippen MR) is 79.2 cm³/mol. The lowest BCUT2D eigenvalue weighted by Gasteiger charge is -2.32. The van der Waals surface area contributed by atoms with Crippen LogP contribution in [0.4, 0.5) is 0 Å². The van der Waals surface area contributed by atoms with E-state index in [0.717, 1.165) is 5.69 Å². The molecule has 0 aliphatic carbocycles. The van der Waals surface area contributed by atoms with Crippen LogP contribution in [-0.4, -0.2) is 50.3 Å². The summed E-state index contributed by atoms with van der Waals surface area (Å²) in [7, 11) is 0. The highest BCUT2D eigenvalue weighted by Gasteiger charge is 2.28. The largest absolute Gasteiger partial charge is 0.368 e. The minimum atomic E-state index is -0.234. The summed E-state index contributed by atoms with van der Waals surface area (Å²) in [6.07, 6.45) is 6.36. The van der Waals surface area contributed by atoms with E-state index < -0.39 is 0 Å². The first-order valence-electron chi connectivity index (χ1n) is 7.37. The molecule has 1 atom stereocenters. The van der Waals surface area contributed by atoms with Crippen LogP contribution in [0.3, 0.4) is 0 Å². The summed E-state index contributed by atoms with van der Waals surface area (Å²) in [6, 6.07) is 1.90. The first-order valence-corrected chi connectivity index (χ1v) is 7.37. The Balaban J connectivity index is 1.77. The normalized spacial score (nSPS) is 18.7. The van der Waals surface area contributed by atoms with Gasteiger partial charge in [-0.25, -0.2) is 0 Å². The topological polar surface area (TPSA) is 73.1 Å². The Morgan fingerprint density at radius 1 is 1.36 bits per heavy atom. The highest BCUT2D eigenvalue weighted by molar-refractivity contribution is 5.92. The molecule has 1 aliphatic rings. The molecule has 2 aromatic rings. The molecule has 3 rings (SSSR count). The Kier molecular flexibility index (Phi) is 4.15. The fourth-order valence-electron chi connectivity index (χ4n) is 2.55. The monoisotopic (exact) mass is 301 g/mol. The molecule has 0 bridgehead atoms. The van der Waals surface area contributed by atoms with Crippen molar-refractivity contribution in [1.82, 2.24) is 24.6 Å². The zero-order valence-corrected chi connectivity index (χ0v) is 12.7. The molecule has 116 valence electrons. The van der Waals surface area contributed by atoms with Crippen molar-refractivity contribution >= 4 is 5.91 Å². The van der Waals surface area contributed by atoms with Gasteiger partial charge in [0.25, 0.3) is 5.91 Å². The van der Waals surface area contributed by atoms with Gasteiger partial charge in [0, 0.05) is 31.2 Å². The number of hydrogen-bond acceptors (Lipinski definition) is 5. The van der Waals surface area contributed by atoms with Gasteiger partial charge >= 0.3 is 0 Å². The van der Waals surface area contributed by atoms with Crippen LogP contribution in [0.1, 0.15) is 42.2 Å². The number of rotatable bonds is 3. The molecule has 3 heterocycles. The van der Waals surface area contributed by atoms with Crippen LogP contribution in [0, 0.1) is 0 Å². The molecule has 1 amide bonds. The van der Waals surface area contributed by atoms with Gasteiger partial charge in [0.15, 0.2) is 0 Å². The Hall–Kier alpha value is -2.28. The number of carbonyl (C=O) groups is 1. The van der Waals surface area contributed by atoms with Gasteiger partial charge in [-0.15, -0.1) is 0 Å². The average molecular weight is 301 g/mol. The lowest BCUT2D eigenvalue weighted by atomic mass is 10.2. The van der Waals surface area contributed by atoms with Gasteiger partial charge in [-0.2, -0.15) is 5.10 Å². The lowest BCUT2D eigenvalue weighted by molar-refractivity contribution is -0.0253. The molecule has 22 heavy (non-hydrogen) atoms. The molecule has 7 heteroatoms. The van der Waals surface area contributed by atoms with Crippen LogP contribution in [-0.2, 0) is 4.74 Å². The Morgan fingerprint density at radius 3 is 2.95 bits per heavy atom. The highest BCUT2D eigenvalue weighted by atomic mass is 16.5. The molecular formula is C15H19N5O2. The number of aromatic nitrogens is 4. The lowest BCUT2D eigenvalue weighted by Crippen LogP contribution is -2.43. The fourth-order valence-corrected chi connectivity index (χ4v) is 2.55. The minimum absolute atomic E-state index is 0.0246. The zero-order valence-electron chi connectivity index (χ0n) is 12.7. The third-order valence-electron chi connectivity index (χ3n) is 3.65. The second kappa shape index (κ2) is 6.23. The summed E-state index contributed by atoms with van der Waals surface area (Å²) in [5.74, 6) is -0.0246. The molecule has 0 spiro atoms. The molecule has 1 saturated heterocycles. The predicted octanol–water partition coefficient (Wildman–Crippen LogP) is 1.47. The second-order valence-electron chi connectivity index (χ2n) is 5.50.